The number of benzene rings is 1. The van der Waals surface area contributed by atoms with Crippen LogP contribution >= 0.6 is 23.6 Å². The maximum atomic E-state index is 11.5. The van der Waals surface area contributed by atoms with Crippen molar-refractivity contribution in [3.05, 3.63) is 52.2 Å². The Bertz CT molecular complexity index is 842. The molecule has 2 N–H and O–H groups in total. The van der Waals surface area contributed by atoms with Gasteiger partial charge in [-0.25, -0.2) is 4.79 Å². The van der Waals surface area contributed by atoms with Gasteiger partial charge in [0.2, 0.25) is 0 Å². The molecular formula is C14H11N3O2S2. The molecule has 2 aromatic heterocycles. The molecule has 1 aromatic carbocycles. The van der Waals surface area contributed by atoms with Crippen molar-refractivity contribution in [1.82, 2.24) is 9.97 Å². The van der Waals surface area contributed by atoms with Gasteiger partial charge in [0.1, 0.15) is 0 Å². The Morgan fingerprint density at radius 1 is 1.33 bits per heavy atom. The van der Waals surface area contributed by atoms with E-state index >= 15 is 0 Å². The van der Waals surface area contributed by atoms with Crippen LogP contribution in [0.1, 0.15) is 5.56 Å². The molecule has 3 aromatic rings. The molecule has 1 amide bonds. The first-order chi connectivity index (χ1) is 10.1. The van der Waals surface area contributed by atoms with Crippen LogP contribution in [-0.2, 0) is 6.54 Å². The largest absolute Gasteiger partial charge is 0.465 e. The zero-order chi connectivity index (χ0) is 14.8. The van der Waals surface area contributed by atoms with Crippen molar-refractivity contribution in [1.29, 1.82) is 0 Å². The van der Waals surface area contributed by atoms with Gasteiger partial charge in [0.05, 0.1) is 16.8 Å². The second-order valence-corrected chi connectivity index (χ2v) is 6.14. The number of nitrogens with zero attached hydrogens (tertiary/aromatic N) is 2. The van der Waals surface area contributed by atoms with E-state index in [4.69, 9.17) is 12.2 Å². The summed E-state index contributed by atoms with van der Waals surface area (Å²) in [6.07, 6.45) is 2.30. The molecule has 0 bridgehead atoms. The first-order valence-corrected chi connectivity index (χ1v) is 7.38. The SMILES string of the molecule is O=C(O)N(Cc1ccncc1)c1ccc2[nH]c(=S)sc2c1. The lowest BCUT2D eigenvalue weighted by atomic mass is 10.2. The first-order valence-electron chi connectivity index (χ1n) is 6.16. The maximum absolute atomic E-state index is 11.5. The number of aromatic nitrogens is 2. The van der Waals surface area contributed by atoms with Gasteiger partial charge < -0.3 is 10.1 Å². The Morgan fingerprint density at radius 2 is 2.10 bits per heavy atom. The van der Waals surface area contributed by atoms with Crippen LogP contribution in [0.15, 0.2) is 42.7 Å². The fourth-order valence-corrected chi connectivity index (χ4v) is 3.19. The number of pyridine rings is 1. The lowest BCUT2D eigenvalue weighted by molar-refractivity contribution is 0.201. The Balaban J connectivity index is 1.98. The highest BCUT2D eigenvalue weighted by Gasteiger charge is 2.15. The summed E-state index contributed by atoms with van der Waals surface area (Å²) >= 11 is 6.54. The normalized spacial score (nSPS) is 10.7. The number of nitrogens with one attached hydrogen (secondary N) is 1. The first kappa shape index (κ1) is 13.7. The van der Waals surface area contributed by atoms with Crippen molar-refractivity contribution >= 4 is 45.6 Å². The third-order valence-electron chi connectivity index (χ3n) is 3.04. The summed E-state index contributed by atoms with van der Waals surface area (Å²) in [5, 5.41) is 9.45. The maximum Gasteiger partial charge on any atom is 0.412 e. The number of aromatic amines is 1. The summed E-state index contributed by atoms with van der Waals surface area (Å²) in [6, 6.07) is 9.06. The molecule has 0 saturated heterocycles. The summed E-state index contributed by atoms with van der Waals surface area (Å²) in [5.41, 5.74) is 2.43. The number of amides is 1. The van der Waals surface area contributed by atoms with E-state index in [-0.39, 0.29) is 6.54 Å². The summed E-state index contributed by atoms with van der Waals surface area (Å²) in [7, 11) is 0. The highest BCUT2D eigenvalue weighted by Crippen LogP contribution is 2.26. The highest BCUT2D eigenvalue weighted by molar-refractivity contribution is 7.73. The lowest BCUT2D eigenvalue weighted by Gasteiger charge is -2.19. The quantitative estimate of drug-likeness (QED) is 0.715. The van der Waals surface area contributed by atoms with Crippen molar-refractivity contribution in [2.45, 2.75) is 6.54 Å². The van der Waals surface area contributed by atoms with Gasteiger partial charge in [-0.2, -0.15) is 0 Å². The average Bonchev–Trinajstić information content (AvgIpc) is 2.84. The number of rotatable bonds is 3. The van der Waals surface area contributed by atoms with E-state index in [1.54, 1.807) is 30.6 Å². The van der Waals surface area contributed by atoms with Crippen molar-refractivity contribution in [2.24, 2.45) is 0 Å². The molecule has 5 nitrogen and oxygen atoms in total. The van der Waals surface area contributed by atoms with E-state index in [0.717, 1.165) is 15.8 Å². The smallest absolute Gasteiger partial charge is 0.412 e. The molecule has 0 atom stereocenters. The number of thiazole rings is 1. The Labute approximate surface area is 129 Å². The minimum Gasteiger partial charge on any atom is -0.465 e. The molecule has 21 heavy (non-hydrogen) atoms. The van der Waals surface area contributed by atoms with E-state index in [1.807, 2.05) is 12.1 Å². The molecule has 106 valence electrons. The molecule has 0 aliphatic carbocycles. The molecule has 0 radical (unpaired) electrons. The van der Waals surface area contributed by atoms with Crippen LogP contribution in [0, 0.1) is 3.95 Å². The van der Waals surface area contributed by atoms with Crippen LogP contribution in [0.5, 0.6) is 0 Å². The predicted molar refractivity (Wildman–Crippen MR) is 85.5 cm³/mol. The Kier molecular flexibility index (Phi) is 3.68. The fourth-order valence-electron chi connectivity index (χ4n) is 2.04. The number of carbonyl (C=O) groups is 1. The number of fused-ring (bicyclic) bond motifs is 1. The van der Waals surface area contributed by atoms with Crippen molar-refractivity contribution in [3.8, 4) is 0 Å². The Hall–Kier alpha value is -2.25. The molecule has 2 heterocycles. The zero-order valence-corrected chi connectivity index (χ0v) is 12.4. The van der Waals surface area contributed by atoms with Crippen molar-refractivity contribution in [3.63, 3.8) is 0 Å². The van der Waals surface area contributed by atoms with Crippen LogP contribution in [0.3, 0.4) is 0 Å². The topological polar surface area (TPSA) is 69.2 Å². The van der Waals surface area contributed by atoms with E-state index in [0.29, 0.717) is 9.64 Å². The minimum atomic E-state index is -0.995. The van der Waals surface area contributed by atoms with Gasteiger partial charge in [-0.3, -0.25) is 9.88 Å². The number of H-pyrrole nitrogens is 1. The molecule has 0 unspecified atom stereocenters. The van der Waals surface area contributed by atoms with Crippen LogP contribution < -0.4 is 4.90 Å². The molecule has 0 aliphatic rings. The molecular weight excluding hydrogens is 306 g/mol. The summed E-state index contributed by atoms with van der Waals surface area (Å²) in [4.78, 5) is 19.8. The molecule has 0 spiro atoms. The van der Waals surface area contributed by atoms with Gasteiger partial charge in [0.25, 0.3) is 0 Å². The highest BCUT2D eigenvalue weighted by atomic mass is 32.1. The lowest BCUT2D eigenvalue weighted by Crippen LogP contribution is -2.28. The van der Waals surface area contributed by atoms with Gasteiger partial charge >= 0.3 is 6.09 Å². The third kappa shape index (κ3) is 2.93. The van der Waals surface area contributed by atoms with E-state index < -0.39 is 6.09 Å². The van der Waals surface area contributed by atoms with Crippen molar-refractivity contribution in [2.75, 3.05) is 4.90 Å². The van der Waals surface area contributed by atoms with Gasteiger partial charge in [0.15, 0.2) is 3.95 Å². The number of hydrogen-bond acceptors (Lipinski definition) is 4. The molecule has 7 heteroatoms. The zero-order valence-electron chi connectivity index (χ0n) is 10.8. The van der Waals surface area contributed by atoms with Crippen LogP contribution in [0.25, 0.3) is 10.2 Å². The summed E-state index contributed by atoms with van der Waals surface area (Å²) < 4.78 is 1.62. The molecule has 0 saturated carbocycles. The minimum absolute atomic E-state index is 0.277. The summed E-state index contributed by atoms with van der Waals surface area (Å²) in [6.45, 7) is 0.277. The third-order valence-corrected chi connectivity index (χ3v) is 4.23. The molecule has 0 fully saturated rings. The van der Waals surface area contributed by atoms with Crippen LogP contribution in [0.4, 0.5) is 10.5 Å². The molecule has 0 aliphatic heterocycles. The van der Waals surface area contributed by atoms with Crippen LogP contribution in [-0.4, -0.2) is 21.2 Å². The van der Waals surface area contributed by atoms with Gasteiger partial charge in [0, 0.05) is 18.1 Å². The van der Waals surface area contributed by atoms with Gasteiger partial charge in [-0.1, -0.05) is 0 Å². The van der Waals surface area contributed by atoms with E-state index in [1.165, 1.54) is 16.2 Å². The summed E-state index contributed by atoms with van der Waals surface area (Å²) in [5.74, 6) is 0. The number of anilines is 1. The standard InChI is InChI=1S/C14H11N3O2S2/c18-14(19)17(8-9-3-5-15-6-4-9)10-1-2-11-12(7-10)21-13(20)16-11/h1-7H,8H2,(H,16,20)(H,18,19). The van der Waals surface area contributed by atoms with Crippen LogP contribution in [0.2, 0.25) is 0 Å². The molecule has 3 rings (SSSR count). The predicted octanol–water partition coefficient (Wildman–Crippen LogP) is 4.04. The van der Waals surface area contributed by atoms with Crippen molar-refractivity contribution < 1.29 is 9.90 Å². The monoisotopic (exact) mass is 317 g/mol. The van der Waals surface area contributed by atoms with E-state index in [9.17, 15) is 9.90 Å². The second-order valence-electron chi connectivity index (χ2n) is 4.42. The van der Waals surface area contributed by atoms with Gasteiger partial charge in [-0.15, -0.1) is 11.3 Å². The number of hydrogen-bond donors (Lipinski definition) is 2. The fraction of sp³-hybridized carbons (Fsp3) is 0.0714. The van der Waals surface area contributed by atoms with Gasteiger partial charge in [-0.05, 0) is 48.1 Å². The average molecular weight is 317 g/mol. The van der Waals surface area contributed by atoms with E-state index in [2.05, 4.69) is 9.97 Å². The second kappa shape index (κ2) is 5.63. The Morgan fingerprint density at radius 3 is 2.81 bits per heavy atom. The number of carboxylic acid groups (broad SMARTS) is 1.